The van der Waals surface area contributed by atoms with Crippen molar-refractivity contribution < 1.29 is 8.42 Å². The summed E-state index contributed by atoms with van der Waals surface area (Å²) in [5.74, 6) is 0. The highest BCUT2D eigenvalue weighted by Crippen LogP contribution is 2.23. The van der Waals surface area contributed by atoms with E-state index in [2.05, 4.69) is 5.32 Å². The second-order valence-electron chi connectivity index (χ2n) is 5.11. The minimum atomic E-state index is -3.31. The predicted molar refractivity (Wildman–Crippen MR) is 83.7 cm³/mol. The molecule has 1 N–H and O–H groups in total. The van der Waals surface area contributed by atoms with Crippen LogP contribution in [0.1, 0.15) is 20.8 Å². The van der Waals surface area contributed by atoms with Crippen molar-refractivity contribution in [1.82, 2.24) is 5.32 Å². The molecule has 2 aromatic carbocycles. The van der Waals surface area contributed by atoms with Gasteiger partial charge < -0.3 is 5.32 Å². The van der Waals surface area contributed by atoms with Gasteiger partial charge in [0.05, 0.1) is 10.1 Å². The van der Waals surface area contributed by atoms with E-state index in [0.717, 1.165) is 17.3 Å². The van der Waals surface area contributed by atoms with Crippen LogP contribution in [0.25, 0.3) is 10.8 Å². The largest absolute Gasteiger partial charge is 0.313 e. The average molecular weight is 291 g/mol. The zero-order valence-corrected chi connectivity index (χ0v) is 12.9. The van der Waals surface area contributed by atoms with E-state index < -0.39 is 15.1 Å². The van der Waals surface area contributed by atoms with Crippen LogP contribution in [0.4, 0.5) is 0 Å². The third kappa shape index (κ3) is 2.86. The molecule has 3 nitrogen and oxygen atoms in total. The lowest BCUT2D eigenvalue weighted by Gasteiger charge is -2.21. The summed E-state index contributed by atoms with van der Waals surface area (Å²) in [4.78, 5) is 0.397. The summed E-state index contributed by atoms with van der Waals surface area (Å²) >= 11 is 0. The Labute approximate surface area is 120 Å². The highest BCUT2D eigenvalue weighted by molar-refractivity contribution is 7.92. The van der Waals surface area contributed by atoms with Gasteiger partial charge in [-0.15, -0.1) is 0 Å². The SMILES string of the molecule is CCNC(C)C(C)S(=O)(=O)c1ccc2ccccc2c1. The summed E-state index contributed by atoms with van der Waals surface area (Å²) in [5, 5.41) is 4.73. The van der Waals surface area contributed by atoms with Gasteiger partial charge in [0.25, 0.3) is 0 Å². The van der Waals surface area contributed by atoms with E-state index in [0.29, 0.717) is 4.90 Å². The minimum Gasteiger partial charge on any atom is -0.313 e. The summed E-state index contributed by atoms with van der Waals surface area (Å²) in [6, 6.07) is 13.1. The Morgan fingerprint density at radius 2 is 1.70 bits per heavy atom. The van der Waals surface area contributed by atoms with E-state index in [9.17, 15) is 8.42 Å². The first-order chi connectivity index (χ1) is 9.46. The Morgan fingerprint density at radius 3 is 2.35 bits per heavy atom. The maximum atomic E-state index is 12.7. The van der Waals surface area contributed by atoms with Crippen molar-refractivity contribution in [2.75, 3.05) is 6.54 Å². The molecule has 2 unspecified atom stereocenters. The normalized spacial score (nSPS) is 15.2. The van der Waals surface area contributed by atoms with Gasteiger partial charge in [0, 0.05) is 6.04 Å². The fourth-order valence-electron chi connectivity index (χ4n) is 2.32. The number of hydrogen-bond acceptors (Lipinski definition) is 3. The molecule has 0 saturated heterocycles. The molecule has 0 heterocycles. The van der Waals surface area contributed by atoms with Crippen LogP contribution < -0.4 is 5.32 Å². The Kier molecular flexibility index (Phi) is 4.45. The summed E-state index contributed by atoms with van der Waals surface area (Å²) in [6.45, 7) is 6.41. The number of nitrogens with one attached hydrogen (secondary N) is 1. The van der Waals surface area contributed by atoms with E-state index in [1.165, 1.54) is 0 Å². The molecule has 2 aromatic rings. The minimum absolute atomic E-state index is 0.0727. The van der Waals surface area contributed by atoms with Crippen molar-refractivity contribution in [3.05, 3.63) is 42.5 Å². The van der Waals surface area contributed by atoms with E-state index in [1.54, 1.807) is 19.1 Å². The van der Waals surface area contributed by atoms with E-state index in [-0.39, 0.29) is 6.04 Å². The van der Waals surface area contributed by atoms with Crippen LogP contribution in [-0.2, 0) is 9.84 Å². The molecule has 0 saturated carbocycles. The highest BCUT2D eigenvalue weighted by Gasteiger charge is 2.27. The Hall–Kier alpha value is -1.39. The second-order valence-corrected chi connectivity index (χ2v) is 7.41. The number of rotatable bonds is 5. The van der Waals surface area contributed by atoms with E-state index in [1.807, 2.05) is 44.2 Å². The lowest BCUT2D eigenvalue weighted by molar-refractivity contribution is 0.521. The van der Waals surface area contributed by atoms with Crippen LogP contribution in [0.3, 0.4) is 0 Å². The van der Waals surface area contributed by atoms with Crippen molar-refractivity contribution >= 4 is 20.6 Å². The maximum absolute atomic E-state index is 12.7. The first kappa shape index (κ1) is 15.0. The molecule has 0 aromatic heterocycles. The number of hydrogen-bond donors (Lipinski definition) is 1. The van der Waals surface area contributed by atoms with Crippen LogP contribution in [0.2, 0.25) is 0 Å². The van der Waals surface area contributed by atoms with E-state index in [4.69, 9.17) is 0 Å². The summed E-state index contributed by atoms with van der Waals surface area (Å²) in [6.07, 6.45) is 0. The molecule has 20 heavy (non-hydrogen) atoms. The van der Waals surface area contributed by atoms with Crippen LogP contribution in [0.5, 0.6) is 0 Å². The third-order valence-electron chi connectivity index (χ3n) is 3.77. The third-order valence-corrected chi connectivity index (χ3v) is 6.07. The fraction of sp³-hybridized carbons (Fsp3) is 0.375. The zero-order chi connectivity index (χ0) is 14.8. The molecule has 0 radical (unpaired) electrons. The Bertz CT molecular complexity index is 694. The topological polar surface area (TPSA) is 46.2 Å². The maximum Gasteiger partial charge on any atom is 0.182 e. The van der Waals surface area contributed by atoms with Gasteiger partial charge in [-0.05, 0) is 43.3 Å². The van der Waals surface area contributed by atoms with Crippen LogP contribution in [0, 0.1) is 0 Å². The Morgan fingerprint density at radius 1 is 1.05 bits per heavy atom. The van der Waals surface area contributed by atoms with Crippen LogP contribution in [0.15, 0.2) is 47.4 Å². The average Bonchev–Trinajstić information content (AvgIpc) is 2.46. The molecule has 0 aliphatic heterocycles. The predicted octanol–water partition coefficient (Wildman–Crippen LogP) is 3.00. The summed E-state index contributed by atoms with van der Waals surface area (Å²) in [7, 11) is -3.31. The molecule has 2 rings (SSSR count). The molecule has 0 fully saturated rings. The van der Waals surface area contributed by atoms with Gasteiger partial charge in [0.15, 0.2) is 9.84 Å². The van der Waals surface area contributed by atoms with Crippen molar-refractivity contribution in [2.45, 2.75) is 37.0 Å². The van der Waals surface area contributed by atoms with Crippen LogP contribution >= 0.6 is 0 Å². The Balaban J connectivity index is 2.41. The van der Waals surface area contributed by atoms with Crippen molar-refractivity contribution in [2.24, 2.45) is 0 Å². The molecule has 0 aliphatic rings. The van der Waals surface area contributed by atoms with Gasteiger partial charge in [0.1, 0.15) is 0 Å². The van der Waals surface area contributed by atoms with Gasteiger partial charge in [-0.1, -0.05) is 37.3 Å². The summed E-state index contributed by atoms with van der Waals surface area (Å²) in [5.41, 5.74) is 0. The number of fused-ring (bicyclic) bond motifs is 1. The molecule has 0 aliphatic carbocycles. The fourth-order valence-corrected chi connectivity index (χ4v) is 3.93. The molecule has 2 atom stereocenters. The van der Waals surface area contributed by atoms with Gasteiger partial charge in [-0.3, -0.25) is 0 Å². The van der Waals surface area contributed by atoms with Crippen LogP contribution in [-0.4, -0.2) is 26.3 Å². The van der Waals surface area contributed by atoms with Gasteiger partial charge in [0.2, 0.25) is 0 Å². The molecule has 108 valence electrons. The van der Waals surface area contributed by atoms with Gasteiger partial charge in [-0.25, -0.2) is 8.42 Å². The lowest BCUT2D eigenvalue weighted by atomic mass is 10.1. The van der Waals surface area contributed by atoms with Gasteiger partial charge in [-0.2, -0.15) is 0 Å². The van der Waals surface area contributed by atoms with Crippen molar-refractivity contribution in [1.29, 1.82) is 0 Å². The lowest BCUT2D eigenvalue weighted by Crippen LogP contribution is -2.40. The molecule has 0 spiro atoms. The molecule has 4 heteroatoms. The quantitative estimate of drug-likeness (QED) is 0.921. The van der Waals surface area contributed by atoms with Gasteiger partial charge >= 0.3 is 0 Å². The molecular formula is C16H21NO2S. The first-order valence-electron chi connectivity index (χ1n) is 6.93. The first-order valence-corrected chi connectivity index (χ1v) is 8.47. The number of sulfone groups is 1. The van der Waals surface area contributed by atoms with Crippen molar-refractivity contribution in [3.63, 3.8) is 0 Å². The highest BCUT2D eigenvalue weighted by atomic mass is 32.2. The number of benzene rings is 2. The van der Waals surface area contributed by atoms with E-state index >= 15 is 0 Å². The molecule has 0 amide bonds. The standard InChI is InChI=1S/C16H21NO2S/c1-4-17-12(2)13(3)20(18,19)16-10-9-14-7-5-6-8-15(14)11-16/h5-13,17H,4H2,1-3H3. The monoisotopic (exact) mass is 291 g/mol. The van der Waals surface area contributed by atoms with Crippen molar-refractivity contribution in [3.8, 4) is 0 Å². The smallest absolute Gasteiger partial charge is 0.182 e. The second kappa shape index (κ2) is 5.94. The summed E-state index contributed by atoms with van der Waals surface area (Å²) < 4.78 is 25.3. The zero-order valence-electron chi connectivity index (χ0n) is 12.1. The molecule has 0 bridgehead atoms. The molecular weight excluding hydrogens is 270 g/mol.